The summed E-state index contributed by atoms with van der Waals surface area (Å²) in [5, 5.41) is 9.42. The molecule has 0 spiro atoms. The SMILES string of the molecule is CCc1c(C)nc(-n2nc(-c3cccs3)cc2NC(=O)c2ccc(OC)c(OC)c2)[nH]c1=O. The minimum absolute atomic E-state index is 0.222. The van der Waals surface area contributed by atoms with Crippen molar-refractivity contribution in [3.8, 4) is 28.0 Å². The van der Waals surface area contributed by atoms with Crippen molar-refractivity contribution in [1.29, 1.82) is 0 Å². The van der Waals surface area contributed by atoms with Crippen molar-refractivity contribution >= 4 is 23.1 Å². The molecule has 1 aromatic carbocycles. The number of carbonyl (C=O) groups is 1. The van der Waals surface area contributed by atoms with Crippen molar-refractivity contribution in [2.75, 3.05) is 19.5 Å². The molecule has 1 amide bonds. The summed E-state index contributed by atoms with van der Waals surface area (Å²) in [5.74, 6) is 1.17. The molecule has 0 atom stereocenters. The Kier molecular flexibility index (Phi) is 6.27. The molecular formula is C23H23N5O4S. The number of aryl methyl sites for hydroxylation is 1. The molecule has 0 aliphatic rings. The van der Waals surface area contributed by atoms with Gasteiger partial charge in [0.1, 0.15) is 11.5 Å². The Morgan fingerprint density at radius 2 is 1.97 bits per heavy atom. The van der Waals surface area contributed by atoms with Crippen molar-refractivity contribution in [1.82, 2.24) is 19.7 Å². The lowest BCUT2D eigenvalue weighted by Gasteiger charge is -2.11. The number of thiophene rings is 1. The monoisotopic (exact) mass is 465 g/mol. The van der Waals surface area contributed by atoms with E-state index in [0.717, 1.165) is 4.88 Å². The van der Waals surface area contributed by atoms with Gasteiger partial charge in [0, 0.05) is 22.9 Å². The van der Waals surface area contributed by atoms with Crippen LogP contribution < -0.4 is 20.3 Å². The lowest BCUT2D eigenvalue weighted by Crippen LogP contribution is -2.22. The van der Waals surface area contributed by atoms with Gasteiger partial charge in [0.25, 0.3) is 11.5 Å². The summed E-state index contributed by atoms with van der Waals surface area (Å²) in [7, 11) is 3.04. The zero-order valence-corrected chi connectivity index (χ0v) is 19.4. The number of ether oxygens (including phenoxy) is 2. The van der Waals surface area contributed by atoms with Gasteiger partial charge in [-0.25, -0.2) is 4.98 Å². The number of rotatable bonds is 7. The standard InChI is InChI=1S/C23H23N5O4S/c1-5-15-13(2)24-23(26-22(15)30)28-20(12-16(27-28)19-7-6-10-33-19)25-21(29)14-8-9-17(31-3)18(11-14)32-4/h6-12H,5H2,1-4H3,(H,25,29)(H,24,26,30). The third-order valence-electron chi connectivity index (χ3n) is 5.13. The number of anilines is 1. The fraction of sp³-hybridized carbons (Fsp3) is 0.217. The van der Waals surface area contributed by atoms with Crippen LogP contribution in [0.2, 0.25) is 0 Å². The largest absolute Gasteiger partial charge is 0.493 e. The number of nitrogens with zero attached hydrogens (tertiary/aromatic N) is 3. The van der Waals surface area contributed by atoms with Gasteiger partial charge in [0.15, 0.2) is 11.5 Å². The minimum atomic E-state index is -0.376. The molecule has 0 radical (unpaired) electrons. The third-order valence-corrected chi connectivity index (χ3v) is 6.03. The molecule has 170 valence electrons. The van der Waals surface area contributed by atoms with Crippen molar-refractivity contribution < 1.29 is 14.3 Å². The minimum Gasteiger partial charge on any atom is -0.493 e. The maximum atomic E-state index is 13.1. The second-order valence-corrected chi connectivity index (χ2v) is 8.08. The molecule has 0 bridgehead atoms. The average Bonchev–Trinajstić information content (AvgIpc) is 3.48. The number of methoxy groups -OCH3 is 2. The first-order valence-electron chi connectivity index (χ1n) is 10.2. The summed E-state index contributed by atoms with van der Waals surface area (Å²) < 4.78 is 12.0. The van der Waals surface area contributed by atoms with E-state index in [1.54, 1.807) is 31.2 Å². The van der Waals surface area contributed by atoms with Crippen LogP contribution >= 0.6 is 11.3 Å². The van der Waals surface area contributed by atoms with Gasteiger partial charge in [-0.1, -0.05) is 13.0 Å². The molecule has 0 fully saturated rings. The first-order valence-corrected chi connectivity index (χ1v) is 11.1. The molecule has 0 saturated carbocycles. The van der Waals surface area contributed by atoms with Gasteiger partial charge in [-0.3, -0.25) is 14.6 Å². The van der Waals surface area contributed by atoms with Crippen LogP contribution in [0.1, 0.15) is 28.5 Å². The summed E-state index contributed by atoms with van der Waals surface area (Å²) in [6.45, 7) is 3.68. The van der Waals surface area contributed by atoms with E-state index in [1.807, 2.05) is 24.4 Å². The quantitative estimate of drug-likeness (QED) is 0.429. The topological polar surface area (TPSA) is 111 Å². The highest BCUT2D eigenvalue weighted by Crippen LogP contribution is 2.30. The number of hydrogen-bond donors (Lipinski definition) is 2. The smallest absolute Gasteiger partial charge is 0.256 e. The molecule has 9 nitrogen and oxygen atoms in total. The molecule has 2 N–H and O–H groups in total. The van der Waals surface area contributed by atoms with E-state index < -0.39 is 0 Å². The van der Waals surface area contributed by atoms with Gasteiger partial charge >= 0.3 is 0 Å². The van der Waals surface area contributed by atoms with Crippen LogP contribution in [0, 0.1) is 6.92 Å². The average molecular weight is 466 g/mol. The first-order chi connectivity index (χ1) is 15.9. The van der Waals surface area contributed by atoms with Gasteiger partial charge < -0.3 is 14.8 Å². The van der Waals surface area contributed by atoms with Gasteiger partial charge in [-0.05, 0) is 43.0 Å². The number of H-pyrrole nitrogens is 1. The molecule has 0 aliphatic carbocycles. The molecule has 0 unspecified atom stereocenters. The lowest BCUT2D eigenvalue weighted by molar-refractivity contribution is 0.102. The molecule has 10 heteroatoms. The van der Waals surface area contributed by atoms with E-state index in [9.17, 15) is 9.59 Å². The lowest BCUT2D eigenvalue weighted by atomic mass is 10.2. The summed E-state index contributed by atoms with van der Waals surface area (Å²) in [5.41, 5.74) is 2.01. The molecule has 33 heavy (non-hydrogen) atoms. The van der Waals surface area contributed by atoms with E-state index in [2.05, 4.69) is 20.4 Å². The zero-order chi connectivity index (χ0) is 23.5. The van der Waals surface area contributed by atoms with Crippen molar-refractivity contribution in [3.05, 3.63) is 69.0 Å². The van der Waals surface area contributed by atoms with E-state index in [4.69, 9.17) is 9.47 Å². The third kappa shape index (κ3) is 4.37. The number of aromatic amines is 1. The van der Waals surface area contributed by atoms with Crippen molar-refractivity contribution in [2.24, 2.45) is 0 Å². The first kappa shape index (κ1) is 22.3. The molecule has 4 aromatic rings. The van der Waals surface area contributed by atoms with E-state index in [0.29, 0.717) is 46.3 Å². The summed E-state index contributed by atoms with van der Waals surface area (Å²) >= 11 is 1.52. The number of benzene rings is 1. The van der Waals surface area contributed by atoms with Crippen molar-refractivity contribution in [2.45, 2.75) is 20.3 Å². The van der Waals surface area contributed by atoms with Gasteiger partial charge in [-0.2, -0.15) is 9.78 Å². The Morgan fingerprint density at radius 1 is 1.18 bits per heavy atom. The fourth-order valence-electron chi connectivity index (χ4n) is 3.45. The Hall–Kier alpha value is -3.92. The van der Waals surface area contributed by atoms with Crippen LogP contribution in [0.15, 0.2) is 46.6 Å². The fourth-order valence-corrected chi connectivity index (χ4v) is 4.14. The van der Waals surface area contributed by atoms with E-state index >= 15 is 0 Å². The van der Waals surface area contributed by atoms with Crippen LogP contribution in [0.3, 0.4) is 0 Å². The van der Waals surface area contributed by atoms with E-state index in [-0.39, 0.29) is 17.4 Å². The van der Waals surface area contributed by atoms with Gasteiger partial charge in [-0.15, -0.1) is 11.3 Å². The highest BCUT2D eigenvalue weighted by Gasteiger charge is 2.19. The number of hydrogen-bond acceptors (Lipinski definition) is 7. The summed E-state index contributed by atoms with van der Waals surface area (Å²) in [6.07, 6.45) is 0.566. The summed E-state index contributed by atoms with van der Waals surface area (Å²) in [4.78, 5) is 33.8. The maximum Gasteiger partial charge on any atom is 0.256 e. The zero-order valence-electron chi connectivity index (χ0n) is 18.6. The Bertz CT molecular complexity index is 1360. The number of nitrogens with one attached hydrogen (secondary N) is 2. The number of aromatic nitrogens is 4. The van der Waals surface area contributed by atoms with Crippen LogP contribution in [0.5, 0.6) is 11.5 Å². The Labute approximate surface area is 194 Å². The highest BCUT2D eigenvalue weighted by atomic mass is 32.1. The molecule has 3 aromatic heterocycles. The maximum absolute atomic E-state index is 13.1. The van der Waals surface area contributed by atoms with Crippen molar-refractivity contribution in [3.63, 3.8) is 0 Å². The second-order valence-electron chi connectivity index (χ2n) is 7.13. The molecule has 3 heterocycles. The Balaban J connectivity index is 1.76. The molecule has 0 saturated heterocycles. The Morgan fingerprint density at radius 3 is 2.61 bits per heavy atom. The van der Waals surface area contributed by atoms with Gasteiger partial charge in [0.2, 0.25) is 5.95 Å². The second kappa shape index (κ2) is 9.29. The number of amides is 1. The molecule has 0 aliphatic heterocycles. The van der Waals surface area contributed by atoms with Crippen LogP contribution in [0.4, 0.5) is 5.82 Å². The molecule has 4 rings (SSSR count). The molecular weight excluding hydrogens is 442 g/mol. The predicted octanol–water partition coefficient (Wildman–Crippen LogP) is 3.82. The van der Waals surface area contributed by atoms with Crippen LogP contribution in [-0.4, -0.2) is 39.9 Å². The summed E-state index contributed by atoms with van der Waals surface area (Å²) in [6, 6.07) is 10.5. The number of carbonyl (C=O) groups excluding carboxylic acids is 1. The van der Waals surface area contributed by atoms with E-state index in [1.165, 1.54) is 30.2 Å². The normalized spacial score (nSPS) is 10.8. The highest BCUT2D eigenvalue weighted by molar-refractivity contribution is 7.13. The predicted molar refractivity (Wildman–Crippen MR) is 127 cm³/mol. The van der Waals surface area contributed by atoms with Gasteiger partial charge in [0.05, 0.1) is 19.1 Å². The van der Waals surface area contributed by atoms with Crippen LogP contribution in [0.25, 0.3) is 16.5 Å². The van der Waals surface area contributed by atoms with Crippen LogP contribution in [-0.2, 0) is 6.42 Å².